The minimum Gasteiger partial charge on any atom is -0.497 e. The molecule has 1 unspecified atom stereocenters. The maximum absolute atomic E-state index is 13.0. The van der Waals surface area contributed by atoms with Crippen molar-refractivity contribution in [1.82, 2.24) is 19.4 Å². The lowest BCUT2D eigenvalue weighted by Crippen LogP contribution is -2.31. The van der Waals surface area contributed by atoms with E-state index in [9.17, 15) is 9.00 Å². The molecule has 8 nitrogen and oxygen atoms in total. The number of nitrogens with one attached hydrogen (secondary N) is 2. The topological polar surface area (TPSA) is 88.5 Å². The number of benzene rings is 2. The molecule has 0 fully saturated rings. The molecule has 2 amide bonds. The number of fused-ring (bicyclic) bond motifs is 1. The number of nitrogens with zero attached hydrogens (tertiary/aromatic N) is 3. The lowest BCUT2D eigenvalue weighted by atomic mass is 9.97. The number of carbonyl (C=O) groups excluding carboxylic acids is 1. The zero-order valence-corrected chi connectivity index (χ0v) is 20.9. The third-order valence-corrected chi connectivity index (χ3v) is 6.85. The number of aromatic nitrogens is 2. The van der Waals surface area contributed by atoms with Gasteiger partial charge in [-0.3, -0.25) is 9.40 Å². The first-order valence-electron chi connectivity index (χ1n) is 11.4. The van der Waals surface area contributed by atoms with Gasteiger partial charge < -0.3 is 15.0 Å². The highest BCUT2D eigenvalue weighted by Crippen LogP contribution is 2.38. The van der Waals surface area contributed by atoms with Crippen LogP contribution in [-0.2, 0) is 36.9 Å². The van der Waals surface area contributed by atoms with Crippen LogP contribution in [0.4, 0.5) is 10.5 Å². The minimum absolute atomic E-state index is 0.333. The van der Waals surface area contributed by atoms with Gasteiger partial charge in [0.2, 0.25) is 0 Å². The SMILES string of the molecule is CCn1nc(S(=O)NC(=O)Nc2c(-c3cccc(OC)c3)ccc3c2CCC3)cc1CN(C)C. The molecule has 0 bridgehead atoms. The molecule has 0 saturated heterocycles. The summed E-state index contributed by atoms with van der Waals surface area (Å²) in [5.41, 5.74) is 5.91. The molecule has 0 saturated carbocycles. The van der Waals surface area contributed by atoms with Gasteiger partial charge in [0, 0.05) is 18.7 Å². The van der Waals surface area contributed by atoms with Crippen LogP contribution in [0.2, 0.25) is 0 Å². The molecular formula is C25H31N5O3S. The van der Waals surface area contributed by atoms with Gasteiger partial charge in [0.05, 0.1) is 18.5 Å². The highest BCUT2D eigenvalue weighted by molar-refractivity contribution is 7.83. The van der Waals surface area contributed by atoms with Crippen molar-refractivity contribution in [2.45, 2.75) is 44.3 Å². The van der Waals surface area contributed by atoms with Crippen LogP contribution in [0.15, 0.2) is 47.5 Å². The van der Waals surface area contributed by atoms with Gasteiger partial charge in [-0.2, -0.15) is 5.10 Å². The largest absolute Gasteiger partial charge is 0.497 e. The lowest BCUT2D eigenvalue weighted by Gasteiger charge is -2.17. The second-order valence-electron chi connectivity index (χ2n) is 8.56. The standard InChI is InChI=1S/C25H31N5O3S/c1-5-30-19(16-29(2)3)15-23(27-30)34(32)28-25(31)26-24-21-11-7-8-17(21)12-13-22(24)18-9-6-10-20(14-18)33-4/h6,9-10,12-15H,5,7-8,11,16H2,1-4H3,(H2,26,28,31). The first kappa shape index (κ1) is 24.0. The zero-order valence-electron chi connectivity index (χ0n) is 20.1. The molecule has 1 aliphatic rings. The molecule has 2 aromatic carbocycles. The summed E-state index contributed by atoms with van der Waals surface area (Å²) in [6.45, 7) is 3.31. The van der Waals surface area contributed by atoms with Crippen LogP contribution in [0.25, 0.3) is 11.1 Å². The Hall–Kier alpha value is -3.17. The van der Waals surface area contributed by atoms with Crippen LogP contribution in [0, 0.1) is 0 Å². The fourth-order valence-corrected chi connectivity index (χ4v) is 5.10. The summed E-state index contributed by atoms with van der Waals surface area (Å²) in [6.07, 6.45) is 2.92. The molecule has 0 spiro atoms. The van der Waals surface area contributed by atoms with Crippen molar-refractivity contribution >= 4 is 22.7 Å². The van der Waals surface area contributed by atoms with Crippen molar-refractivity contribution in [1.29, 1.82) is 0 Å². The van der Waals surface area contributed by atoms with Gasteiger partial charge in [-0.25, -0.2) is 9.00 Å². The van der Waals surface area contributed by atoms with Crippen molar-refractivity contribution in [2.75, 3.05) is 26.5 Å². The van der Waals surface area contributed by atoms with E-state index in [0.717, 1.165) is 53.1 Å². The van der Waals surface area contributed by atoms with E-state index in [1.165, 1.54) is 5.56 Å². The molecule has 1 aliphatic carbocycles. The van der Waals surface area contributed by atoms with Crippen molar-refractivity contribution in [3.8, 4) is 16.9 Å². The Morgan fingerprint density at radius 2 is 2.03 bits per heavy atom. The van der Waals surface area contributed by atoms with Gasteiger partial charge in [0.25, 0.3) is 0 Å². The number of hydrogen-bond donors (Lipinski definition) is 2. The van der Waals surface area contributed by atoms with Crippen molar-refractivity contribution in [3.63, 3.8) is 0 Å². The summed E-state index contributed by atoms with van der Waals surface area (Å²) in [4.78, 5) is 15.0. The first-order valence-corrected chi connectivity index (χ1v) is 12.5. The molecular weight excluding hydrogens is 450 g/mol. The molecule has 34 heavy (non-hydrogen) atoms. The molecule has 2 N–H and O–H groups in total. The van der Waals surface area contributed by atoms with Gasteiger partial charge in [-0.05, 0) is 75.2 Å². The van der Waals surface area contributed by atoms with Crippen LogP contribution in [0.1, 0.15) is 30.2 Å². The predicted molar refractivity (Wildman–Crippen MR) is 134 cm³/mol. The number of hydrogen-bond acceptors (Lipinski definition) is 5. The predicted octanol–water partition coefficient (Wildman–Crippen LogP) is 3.97. The Kier molecular flexibility index (Phi) is 7.33. The van der Waals surface area contributed by atoms with E-state index in [0.29, 0.717) is 18.1 Å². The Morgan fingerprint density at radius 3 is 2.76 bits per heavy atom. The lowest BCUT2D eigenvalue weighted by molar-refractivity contribution is 0.257. The molecule has 0 radical (unpaired) electrons. The zero-order chi connectivity index (χ0) is 24.2. The molecule has 1 aromatic heterocycles. The van der Waals surface area contributed by atoms with E-state index in [4.69, 9.17) is 4.74 Å². The van der Waals surface area contributed by atoms with Crippen LogP contribution in [0.3, 0.4) is 0 Å². The summed E-state index contributed by atoms with van der Waals surface area (Å²) in [6, 6.07) is 13.2. The second kappa shape index (κ2) is 10.4. The summed E-state index contributed by atoms with van der Waals surface area (Å²) in [5.74, 6) is 0.745. The minimum atomic E-state index is -1.78. The molecule has 9 heteroatoms. The van der Waals surface area contributed by atoms with Crippen molar-refractivity contribution in [2.24, 2.45) is 0 Å². The van der Waals surface area contributed by atoms with Gasteiger partial charge in [0.1, 0.15) is 5.75 Å². The van der Waals surface area contributed by atoms with Crippen LogP contribution >= 0.6 is 0 Å². The average Bonchev–Trinajstić information content (AvgIpc) is 3.46. The van der Waals surface area contributed by atoms with E-state index in [-0.39, 0.29) is 0 Å². The number of amides is 2. The number of methoxy groups -OCH3 is 1. The van der Waals surface area contributed by atoms with E-state index >= 15 is 0 Å². The van der Waals surface area contributed by atoms with E-state index in [1.54, 1.807) is 17.9 Å². The summed E-state index contributed by atoms with van der Waals surface area (Å²) in [5, 5.41) is 7.74. The maximum Gasteiger partial charge on any atom is 0.331 e. The highest BCUT2D eigenvalue weighted by atomic mass is 32.2. The Morgan fingerprint density at radius 1 is 1.21 bits per heavy atom. The van der Waals surface area contributed by atoms with Crippen molar-refractivity contribution in [3.05, 3.63) is 59.3 Å². The molecule has 3 aromatic rings. The Labute approximate surface area is 202 Å². The summed E-state index contributed by atoms with van der Waals surface area (Å²) < 4.78 is 22.7. The quantitative estimate of drug-likeness (QED) is 0.508. The number of anilines is 1. The van der Waals surface area contributed by atoms with Gasteiger partial charge in [-0.1, -0.05) is 24.3 Å². The van der Waals surface area contributed by atoms with E-state index in [2.05, 4.69) is 21.2 Å². The average molecular weight is 482 g/mol. The number of urea groups is 1. The molecule has 4 rings (SSSR count). The van der Waals surface area contributed by atoms with Gasteiger partial charge >= 0.3 is 6.03 Å². The van der Waals surface area contributed by atoms with Crippen LogP contribution in [0.5, 0.6) is 5.75 Å². The van der Waals surface area contributed by atoms with Gasteiger partial charge in [-0.15, -0.1) is 0 Å². The third-order valence-electron chi connectivity index (χ3n) is 5.90. The number of aryl methyl sites for hydroxylation is 2. The van der Waals surface area contributed by atoms with E-state index in [1.807, 2.05) is 56.3 Å². The summed E-state index contributed by atoms with van der Waals surface area (Å²) >= 11 is 0. The third kappa shape index (κ3) is 5.15. The number of ether oxygens (including phenoxy) is 1. The normalized spacial score (nSPS) is 13.6. The molecule has 0 aliphatic heterocycles. The Bertz CT molecular complexity index is 1220. The monoisotopic (exact) mass is 481 g/mol. The van der Waals surface area contributed by atoms with Crippen LogP contribution in [-0.4, -0.2) is 46.1 Å². The summed E-state index contributed by atoms with van der Waals surface area (Å²) in [7, 11) is 3.78. The fraction of sp³-hybridized carbons (Fsp3) is 0.360. The number of carbonyl (C=O) groups is 1. The molecule has 1 heterocycles. The fourth-order valence-electron chi connectivity index (χ4n) is 4.36. The van der Waals surface area contributed by atoms with Crippen LogP contribution < -0.4 is 14.8 Å². The van der Waals surface area contributed by atoms with Crippen molar-refractivity contribution < 1.29 is 13.7 Å². The van der Waals surface area contributed by atoms with Gasteiger partial charge in [0.15, 0.2) is 16.0 Å². The van der Waals surface area contributed by atoms with E-state index < -0.39 is 17.0 Å². The number of rotatable bonds is 8. The highest BCUT2D eigenvalue weighted by Gasteiger charge is 2.22. The molecule has 180 valence electrons. The maximum atomic E-state index is 13.0. The smallest absolute Gasteiger partial charge is 0.331 e. The Balaban J connectivity index is 1.58. The first-order chi connectivity index (χ1) is 16.4. The second-order valence-corrected chi connectivity index (χ2v) is 9.72. The molecule has 1 atom stereocenters.